The van der Waals surface area contributed by atoms with Crippen molar-refractivity contribution in [1.82, 2.24) is 5.32 Å². The van der Waals surface area contributed by atoms with Crippen molar-refractivity contribution < 1.29 is 17.9 Å². The highest BCUT2D eigenvalue weighted by atomic mass is 32.2. The van der Waals surface area contributed by atoms with E-state index in [4.69, 9.17) is 4.74 Å². The smallest absolute Gasteiger partial charge is 0.229 e. The molecule has 1 saturated carbocycles. The molecular formula is C15H22N2O4S. The Bertz CT molecular complexity index is 672. The quantitative estimate of drug-likeness (QED) is 0.831. The number of hydrogen-bond acceptors (Lipinski definition) is 4. The summed E-state index contributed by atoms with van der Waals surface area (Å²) < 4.78 is 30.2. The third kappa shape index (κ3) is 4.20. The van der Waals surface area contributed by atoms with Crippen LogP contribution in [-0.4, -0.2) is 33.8 Å². The summed E-state index contributed by atoms with van der Waals surface area (Å²) in [6.45, 7) is 3.73. The zero-order valence-electron chi connectivity index (χ0n) is 13.2. The van der Waals surface area contributed by atoms with Gasteiger partial charge in [0.25, 0.3) is 0 Å². The molecule has 0 aliphatic heterocycles. The predicted octanol–water partition coefficient (Wildman–Crippen LogP) is 1.58. The third-order valence-electron chi connectivity index (χ3n) is 3.78. The topological polar surface area (TPSA) is 84.5 Å². The van der Waals surface area contributed by atoms with Crippen LogP contribution in [0.4, 0.5) is 5.69 Å². The van der Waals surface area contributed by atoms with Crippen LogP contribution in [0, 0.1) is 12.8 Å². The maximum atomic E-state index is 12.0. The van der Waals surface area contributed by atoms with E-state index in [9.17, 15) is 13.2 Å². The van der Waals surface area contributed by atoms with Crippen LogP contribution in [0.2, 0.25) is 0 Å². The molecule has 6 nitrogen and oxygen atoms in total. The van der Waals surface area contributed by atoms with Gasteiger partial charge in [0, 0.05) is 7.11 Å². The Kier molecular flexibility index (Phi) is 4.77. The van der Waals surface area contributed by atoms with E-state index in [-0.39, 0.29) is 24.0 Å². The molecule has 0 heterocycles. The highest BCUT2D eigenvalue weighted by molar-refractivity contribution is 7.92. The molecule has 7 heteroatoms. The minimum atomic E-state index is -3.30. The van der Waals surface area contributed by atoms with Gasteiger partial charge in [0.2, 0.25) is 15.9 Å². The number of nitrogens with one attached hydrogen (secondary N) is 2. The van der Waals surface area contributed by atoms with Gasteiger partial charge >= 0.3 is 0 Å². The van der Waals surface area contributed by atoms with Crippen molar-refractivity contribution in [2.75, 3.05) is 18.1 Å². The number of anilines is 1. The van der Waals surface area contributed by atoms with E-state index in [2.05, 4.69) is 10.0 Å². The molecule has 2 unspecified atom stereocenters. The highest BCUT2D eigenvalue weighted by Crippen LogP contribution is 2.34. The van der Waals surface area contributed by atoms with E-state index in [0.29, 0.717) is 5.69 Å². The molecule has 0 saturated heterocycles. The van der Waals surface area contributed by atoms with Crippen LogP contribution in [0.15, 0.2) is 18.2 Å². The van der Waals surface area contributed by atoms with Gasteiger partial charge in [0.15, 0.2) is 0 Å². The Labute approximate surface area is 131 Å². The minimum absolute atomic E-state index is 0.00431. The Hall–Kier alpha value is -1.60. The molecule has 0 aromatic heterocycles. The fourth-order valence-corrected chi connectivity index (χ4v) is 3.01. The Morgan fingerprint density at radius 1 is 1.41 bits per heavy atom. The number of benzene rings is 1. The van der Waals surface area contributed by atoms with Gasteiger partial charge in [0.1, 0.15) is 0 Å². The van der Waals surface area contributed by atoms with Crippen LogP contribution < -0.4 is 10.0 Å². The third-order valence-corrected chi connectivity index (χ3v) is 4.37. The Morgan fingerprint density at radius 3 is 2.59 bits per heavy atom. The Morgan fingerprint density at radius 2 is 2.09 bits per heavy atom. The lowest BCUT2D eigenvalue weighted by molar-refractivity contribution is -0.123. The summed E-state index contributed by atoms with van der Waals surface area (Å²) in [5.41, 5.74) is 2.29. The molecule has 22 heavy (non-hydrogen) atoms. The first-order valence-electron chi connectivity index (χ1n) is 7.13. The molecule has 0 spiro atoms. The molecule has 2 rings (SSSR count). The van der Waals surface area contributed by atoms with Crippen molar-refractivity contribution in [3.63, 3.8) is 0 Å². The summed E-state index contributed by atoms with van der Waals surface area (Å²) in [6.07, 6.45) is 1.92. The van der Waals surface area contributed by atoms with Crippen LogP contribution in [0.3, 0.4) is 0 Å². The number of sulfonamides is 1. The maximum absolute atomic E-state index is 12.0. The summed E-state index contributed by atoms with van der Waals surface area (Å²) >= 11 is 0. The van der Waals surface area contributed by atoms with Crippen LogP contribution in [0.5, 0.6) is 0 Å². The van der Waals surface area contributed by atoms with Crippen LogP contribution in [0.25, 0.3) is 0 Å². The van der Waals surface area contributed by atoms with Crippen LogP contribution >= 0.6 is 0 Å². The summed E-state index contributed by atoms with van der Waals surface area (Å²) in [5.74, 6) is -0.0601. The van der Waals surface area contributed by atoms with Crippen molar-refractivity contribution in [3.05, 3.63) is 29.3 Å². The second-order valence-electron chi connectivity index (χ2n) is 5.80. The monoisotopic (exact) mass is 326 g/mol. The molecule has 0 bridgehead atoms. The number of carbonyl (C=O) groups excluding carboxylic acids is 1. The fourth-order valence-electron chi connectivity index (χ4n) is 2.38. The average molecular weight is 326 g/mol. The van der Waals surface area contributed by atoms with Crippen LogP contribution in [0.1, 0.15) is 30.5 Å². The first-order valence-corrected chi connectivity index (χ1v) is 9.02. The highest BCUT2D eigenvalue weighted by Gasteiger charge is 2.43. The van der Waals surface area contributed by atoms with Gasteiger partial charge in [-0.2, -0.15) is 0 Å². The molecule has 1 aliphatic rings. The molecule has 3 atom stereocenters. The van der Waals surface area contributed by atoms with E-state index < -0.39 is 10.0 Å². The van der Waals surface area contributed by atoms with Crippen molar-refractivity contribution in [2.45, 2.75) is 32.4 Å². The van der Waals surface area contributed by atoms with E-state index >= 15 is 0 Å². The predicted molar refractivity (Wildman–Crippen MR) is 85.1 cm³/mol. The fraction of sp³-hybridized carbons (Fsp3) is 0.533. The van der Waals surface area contributed by atoms with E-state index in [1.165, 1.54) is 0 Å². The molecular weight excluding hydrogens is 304 g/mol. The van der Waals surface area contributed by atoms with Gasteiger partial charge in [0.05, 0.1) is 30.0 Å². The minimum Gasteiger partial charge on any atom is -0.381 e. The van der Waals surface area contributed by atoms with Gasteiger partial charge < -0.3 is 10.1 Å². The first kappa shape index (κ1) is 16.8. The molecule has 2 N–H and O–H groups in total. The second-order valence-corrected chi connectivity index (χ2v) is 7.54. The van der Waals surface area contributed by atoms with E-state index in [1.54, 1.807) is 13.2 Å². The lowest BCUT2D eigenvalue weighted by Gasteiger charge is -2.16. The number of methoxy groups -OCH3 is 1. The summed E-state index contributed by atoms with van der Waals surface area (Å²) in [7, 11) is -1.69. The number of rotatable bonds is 6. The van der Waals surface area contributed by atoms with Crippen molar-refractivity contribution in [3.8, 4) is 0 Å². The van der Waals surface area contributed by atoms with Gasteiger partial charge in [-0.05, 0) is 37.5 Å². The SMILES string of the molecule is COC1CC1C(=O)N[C@H](C)c1ccc(NS(C)(=O)=O)c(C)c1. The number of carbonyl (C=O) groups is 1. The molecule has 122 valence electrons. The molecule has 1 aromatic carbocycles. The molecule has 1 aromatic rings. The zero-order valence-corrected chi connectivity index (χ0v) is 14.0. The van der Waals surface area contributed by atoms with Gasteiger partial charge in [-0.15, -0.1) is 0 Å². The molecule has 1 fully saturated rings. The zero-order chi connectivity index (χ0) is 16.5. The number of aryl methyl sites for hydroxylation is 1. The second kappa shape index (κ2) is 6.26. The summed E-state index contributed by atoms with van der Waals surface area (Å²) in [6, 6.07) is 5.26. The normalized spacial score (nSPS) is 22.0. The molecule has 1 amide bonds. The maximum Gasteiger partial charge on any atom is 0.229 e. The van der Waals surface area contributed by atoms with Crippen molar-refractivity contribution >= 4 is 21.6 Å². The van der Waals surface area contributed by atoms with Gasteiger partial charge in [-0.3, -0.25) is 9.52 Å². The lowest BCUT2D eigenvalue weighted by Crippen LogP contribution is -2.29. The largest absolute Gasteiger partial charge is 0.381 e. The number of ether oxygens (including phenoxy) is 1. The van der Waals surface area contributed by atoms with E-state index in [1.807, 2.05) is 26.0 Å². The standard InChI is InChI=1S/C15H22N2O4S/c1-9-7-11(5-6-13(9)17-22(4,19)20)10(2)16-15(18)12-8-14(12)21-3/h5-7,10,12,14,17H,8H2,1-4H3,(H,16,18)/t10-,12?,14?/m1/s1. The Balaban J connectivity index is 2.03. The van der Waals surface area contributed by atoms with Crippen LogP contribution in [-0.2, 0) is 19.6 Å². The average Bonchev–Trinajstić information content (AvgIpc) is 3.19. The van der Waals surface area contributed by atoms with E-state index in [0.717, 1.165) is 23.8 Å². The first-order chi connectivity index (χ1) is 10.2. The summed E-state index contributed by atoms with van der Waals surface area (Å²) in [5, 5.41) is 2.96. The molecule has 1 aliphatic carbocycles. The summed E-state index contributed by atoms with van der Waals surface area (Å²) in [4.78, 5) is 12.0. The lowest BCUT2D eigenvalue weighted by atomic mass is 10.0. The van der Waals surface area contributed by atoms with Crippen molar-refractivity contribution in [2.24, 2.45) is 5.92 Å². The number of hydrogen-bond donors (Lipinski definition) is 2. The van der Waals surface area contributed by atoms with Crippen molar-refractivity contribution in [1.29, 1.82) is 0 Å². The molecule has 0 radical (unpaired) electrons. The number of amides is 1. The van der Waals surface area contributed by atoms with Gasteiger partial charge in [-0.25, -0.2) is 8.42 Å². The van der Waals surface area contributed by atoms with Gasteiger partial charge in [-0.1, -0.05) is 12.1 Å².